The number of piperazine rings is 1. The summed E-state index contributed by atoms with van der Waals surface area (Å²) in [5, 5.41) is 12.6. The Kier molecular flexibility index (Phi) is 3.50. The van der Waals surface area contributed by atoms with E-state index in [1.807, 2.05) is 6.07 Å². The predicted molar refractivity (Wildman–Crippen MR) is 82.8 cm³/mol. The Labute approximate surface area is 133 Å². The van der Waals surface area contributed by atoms with E-state index >= 15 is 0 Å². The molecular formula is C17H17FN4O. The molecule has 1 saturated heterocycles. The predicted octanol–water partition coefficient (Wildman–Crippen LogP) is 2.37. The molecule has 2 aromatic rings. The summed E-state index contributed by atoms with van der Waals surface area (Å²) < 4.78 is 19.3. The fourth-order valence-corrected chi connectivity index (χ4v) is 3.22. The van der Waals surface area contributed by atoms with E-state index in [9.17, 15) is 9.65 Å². The van der Waals surface area contributed by atoms with E-state index in [0.29, 0.717) is 17.5 Å². The summed E-state index contributed by atoms with van der Waals surface area (Å²) in [6.45, 7) is 3.36. The smallest absolute Gasteiger partial charge is 0.234 e. The molecule has 1 aliphatic heterocycles. The van der Waals surface area contributed by atoms with Gasteiger partial charge in [0.2, 0.25) is 17.5 Å². The lowest BCUT2D eigenvalue weighted by Crippen LogP contribution is -2.43. The molecule has 2 unspecified atom stereocenters. The molecule has 0 radical (unpaired) electrons. The molecule has 1 saturated carbocycles. The molecule has 0 spiro atoms. The summed E-state index contributed by atoms with van der Waals surface area (Å²) in [6, 6.07) is 8.80. The number of nitrogens with one attached hydrogen (secondary N) is 1. The van der Waals surface area contributed by atoms with E-state index in [4.69, 9.17) is 4.42 Å². The molecular weight excluding hydrogens is 295 g/mol. The van der Waals surface area contributed by atoms with Crippen molar-refractivity contribution >= 4 is 5.88 Å². The van der Waals surface area contributed by atoms with Crippen LogP contribution in [0, 0.1) is 17.1 Å². The lowest BCUT2D eigenvalue weighted by molar-refractivity contribution is 0.467. The molecule has 5 nitrogen and oxygen atoms in total. The number of nitrogens with zero attached hydrogens (tertiary/aromatic N) is 3. The van der Waals surface area contributed by atoms with E-state index < -0.39 is 0 Å². The molecule has 0 bridgehead atoms. The molecule has 6 heteroatoms. The van der Waals surface area contributed by atoms with Crippen molar-refractivity contribution in [1.82, 2.24) is 10.3 Å². The molecule has 2 fully saturated rings. The molecule has 2 heterocycles. The Balaban J connectivity index is 1.57. The van der Waals surface area contributed by atoms with Gasteiger partial charge in [-0.15, -0.1) is 0 Å². The van der Waals surface area contributed by atoms with E-state index in [1.165, 1.54) is 6.07 Å². The summed E-state index contributed by atoms with van der Waals surface area (Å²) in [4.78, 5) is 6.44. The minimum atomic E-state index is -0.222. The summed E-state index contributed by atoms with van der Waals surface area (Å²) >= 11 is 0. The Morgan fingerprint density at radius 1 is 1.30 bits per heavy atom. The van der Waals surface area contributed by atoms with Gasteiger partial charge in [0, 0.05) is 32.1 Å². The normalized spacial score (nSPS) is 23.6. The quantitative estimate of drug-likeness (QED) is 0.942. The van der Waals surface area contributed by atoms with Gasteiger partial charge in [-0.3, -0.25) is 0 Å². The zero-order valence-corrected chi connectivity index (χ0v) is 12.6. The van der Waals surface area contributed by atoms with Crippen LogP contribution < -0.4 is 10.2 Å². The van der Waals surface area contributed by atoms with Crippen molar-refractivity contribution in [2.75, 3.05) is 31.1 Å². The van der Waals surface area contributed by atoms with Crippen molar-refractivity contribution in [3.8, 4) is 6.07 Å². The summed E-state index contributed by atoms with van der Waals surface area (Å²) in [5.74, 6) is 1.32. The van der Waals surface area contributed by atoms with Crippen molar-refractivity contribution in [3.05, 3.63) is 47.2 Å². The Bertz CT molecular complexity index is 760. The van der Waals surface area contributed by atoms with Crippen LogP contribution in [0.2, 0.25) is 0 Å². The molecule has 118 valence electrons. The third kappa shape index (κ3) is 2.68. The highest BCUT2D eigenvalue weighted by atomic mass is 19.1. The first kappa shape index (κ1) is 14.2. The Morgan fingerprint density at radius 2 is 2.13 bits per heavy atom. The largest absolute Gasteiger partial charge is 0.423 e. The fraction of sp³-hybridized carbons (Fsp3) is 0.412. The minimum Gasteiger partial charge on any atom is -0.423 e. The lowest BCUT2D eigenvalue weighted by Gasteiger charge is -2.26. The average molecular weight is 312 g/mol. The van der Waals surface area contributed by atoms with Crippen LogP contribution in [-0.4, -0.2) is 31.2 Å². The molecule has 23 heavy (non-hydrogen) atoms. The Hall–Kier alpha value is -2.39. The maximum atomic E-state index is 13.4. The van der Waals surface area contributed by atoms with Crippen LogP contribution >= 0.6 is 0 Å². The molecule has 4 rings (SSSR count). The van der Waals surface area contributed by atoms with Crippen LogP contribution in [-0.2, 0) is 0 Å². The van der Waals surface area contributed by atoms with Gasteiger partial charge >= 0.3 is 0 Å². The van der Waals surface area contributed by atoms with Gasteiger partial charge in [0.15, 0.2) is 0 Å². The molecule has 1 aromatic heterocycles. The number of anilines is 1. The maximum Gasteiger partial charge on any atom is 0.234 e. The number of halogens is 1. The number of hydrogen-bond donors (Lipinski definition) is 1. The van der Waals surface area contributed by atoms with Crippen LogP contribution in [0.5, 0.6) is 0 Å². The van der Waals surface area contributed by atoms with Crippen LogP contribution in [0.15, 0.2) is 28.7 Å². The van der Waals surface area contributed by atoms with Gasteiger partial charge in [0.05, 0.1) is 0 Å². The number of rotatable bonds is 3. The third-order valence-electron chi connectivity index (χ3n) is 4.52. The summed E-state index contributed by atoms with van der Waals surface area (Å²) in [5.41, 5.74) is 1.32. The summed E-state index contributed by atoms with van der Waals surface area (Å²) in [6.07, 6.45) is 0.885. The molecule has 2 aliphatic rings. The first-order valence-corrected chi connectivity index (χ1v) is 7.88. The van der Waals surface area contributed by atoms with Gasteiger partial charge in [-0.2, -0.15) is 5.26 Å². The van der Waals surface area contributed by atoms with Crippen molar-refractivity contribution < 1.29 is 8.81 Å². The molecule has 0 amide bonds. The second-order valence-corrected chi connectivity index (χ2v) is 6.06. The highest BCUT2D eigenvalue weighted by Gasteiger charge is 2.44. The minimum absolute atomic E-state index is 0.139. The van der Waals surface area contributed by atoms with Gasteiger partial charge < -0.3 is 14.6 Å². The average Bonchev–Trinajstić information content (AvgIpc) is 3.27. The highest BCUT2D eigenvalue weighted by Crippen LogP contribution is 2.55. The zero-order chi connectivity index (χ0) is 15.8. The van der Waals surface area contributed by atoms with Crippen LogP contribution in [0.25, 0.3) is 0 Å². The first-order chi connectivity index (χ1) is 11.3. The maximum absolute atomic E-state index is 13.4. The number of benzene rings is 1. The van der Waals surface area contributed by atoms with Crippen molar-refractivity contribution in [1.29, 1.82) is 5.26 Å². The van der Waals surface area contributed by atoms with E-state index in [0.717, 1.165) is 38.2 Å². The zero-order valence-electron chi connectivity index (χ0n) is 12.6. The second kappa shape index (κ2) is 5.67. The summed E-state index contributed by atoms with van der Waals surface area (Å²) in [7, 11) is 0. The molecule has 1 aromatic carbocycles. The number of hydrogen-bond acceptors (Lipinski definition) is 5. The van der Waals surface area contributed by atoms with Crippen molar-refractivity contribution in [2.24, 2.45) is 0 Å². The van der Waals surface area contributed by atoms with Crippen LogP contribution in [0.1, 0.15) is 35.4 Å². The van der Waals surface area contributed by atoms with E-state index in [1.54, 1.807) is 12.1 Å². The van der Waals surface area contributed by atoms with Crippen LogP contribution in [0.3, 0.4) is 0 Å². The topological polar surface area (TPSA) is 65.1 Å². The lowest BCUT2D eigenvalue weighted by atomic mass is 10.1. The van der Waals surface area contributed by atoms with Gasteiger partial charge in [-0.1, -0.05) is 12.1 Å². The fourth-order valence-electron chi connectivity index (χ4n) is 3.22. The monoisotopic (exact) mass is 312 g/mol. The van der Waals surface area contributed by atoms with Gasteiger partial charge in [-0.25, -0.2) is 9.37 Å². The van der Waals surface area contributed by atoms with E-state index in [-0.39, 0.29) is 17.7 Å². The third-order valence-corrected chi connectivity index (χ3v) is 4.52. The Morgan fingerprint density at radius 3 is 2.87 bits per heavy atom. The molecule has 1 aliphatic carbocycles. The number of aromatic nitrogens is 1. The van der Waals surface area contributed by atoms with Gasteiger partial charge in [-0.05, 0) is 30.0 Å². The van der Waals surface area contributed by atoms with Gasteiger partial charge in [0.1, 0.15) is 11.9 Å². The van der Waals surface area contributed by atoms with Crippen molar-refractivity contribution in [3.63, 3.8) is 0 Å². The van der Waals surface area contributed by atoms with E-state index in [2.05, 4.69) is 21.3 Å². The number of oxazole rings is 1. The number of nitriles is 1. The standard InChI is InChI=1S/C17H17FN4O/c18-12-3-1-2-11(8-12)13-9-14(13)16-21-15(10-19)17(23-16)22-6-4-20-5-7-22/h1-3,8,13-14,20H,4-7,9H2. The molecule has 1 N–H and O–H groups in total. The SMILES string of the molecule is N#Cc1nc(C2CC2c2cccc(F)c2)oc1N1CCNCC1. The first-order valence-electron chi connectivity index (χ1n) is 7.88. The highest BCUT2D eigenvalue weighted by molar-refractivity contribution is 5.49. The van der Waals surface area contributed by atoms with Gasteiger partial charge in [0.25, 0.3) is 0 Å². The van der Waals surface area contributed by atoms with Crippen LogP contribution in [0.4, 0.5) is 10.3 Å². The molecule has 2 atom stereocenters. The second-order valence-electron chi connectivity index (χ2n) is 6.06. The van der Waals surface area contributed by atoms with Crippen molar-refractivity contribution in [2.45, 2.75) is 18.3 Å².